The molecule has 0 unspecified atom stereocenters. The summed E-state index contributed by atoms with van der Waals surface area (Å²) in [5, 5.41) is 7.40. The molecule has 0 N–H and O–H groups in total. The molecular formula is C63H46N2. The lowest BCUT2D eigenvalue weighted by Gasteiger charge is -2.35. The van der Waals surface area contributed by atoms with Gasteiger partial charge in [-0.25, -0.2) is 0 Å². The fourth-order valence-corrected chi connectivity index (χ4v) is 10.8. The number of aryl methyl sites for hydroxylation is 2. The van der Waals surface area contributed by atoms with E-state index in [2.05, 4.69) is 266 Å². The molecule has 12 rings (SSSR count). The van der Waals surface area contributed by atoms with Gasteiger partial charge in [0.05, 0.1) is 5.41 Å². The first kappa shape index (κ1) is 38.5. The highest BCUT2D eigenvalue weighted by atomic mass is 15.1. The summed E-state index contributed by atoms with van der Waals surface area (Å²) in [4.78, 5) is 4.77. The minimum absolute atomic E-state index is 0.632. The summed E-state index contributed by atoms with van der Waals surface area (Å²) < 4.78 is 0. The van der Waals surface area contributed by atoms with Gasteiger partial charge in [0, 0.05) is 34.1 Å². The molecule has 0 saturated heterocycles. The number of hydrogen-bond acceptors (Lipinski definition) is 2. The van der Waals surface area contributed by atoms with Gasteiger partial charge in [-0.1, -0.05) is 158 Å². The summed E-state index contributed by atoms with van der Waals surface area (Å²) in [6.45, 7) is 4.33. The van der Waals surface area contributed by atoms with Crippen molar-refractivity contribution in [2.45, 2.75) is 19.3 Å². The van der Waals surface area contributed by atoms with E-state index in [1.165, 1.54) is 76.8 Å². The van der Waals surface area contributed by atoms with Crippen molar-refractivity contribution in [2.24, 2.45) is 0 Å². The van der Waals surface area contributed by atoms with Crippen molar-refractivity contribution in [2.75, 3.05) is 9.80 Å². The number of fused-ring (bicyclic) bond motifs is 9. The van der Waals surface area contributed by atoms with Gasteiger partial charge in [-0.3, -0.25) is 0 Å². The molecule has 2 heteroatoms. The zero-order valence-electron chi connectivity index (χ0n) is 36.5. The largest absolute Gasteiger partial charge is 0.310 e. The normalized spacial score (nSPS) is 12.6. The maximum absolute atomic E-state index is 2.51. The van der Waals surface area contributed by atoms with Crippen LogP contribution in [0.2, 0.25) is 0 Å². The number of para-hydroxylation sites is 2. The van der Waals surface area contributed by atoms with Gasteiger partial charge < -0.3 is 9.80 Å². The van der Waals surface area contributed by atoms with E-state index in [0.717, 1.165) is 34.1 Å². The number of nitrogens with zero attached hydrogens (tertiary/aromatic N) is 2. The van der Waals surface area contributed by atoms with Crippen LogP contribution in [0, 0.1) is 13.8 Å². The van der Waals surface area contributed by atoms with Crippen molar-refractivity contribution < 1.29 is 0 Å². The second-order valence-corrected chi connectivity index (χ2v) is 17.5. The first-order valence-electron chi connectivity index (χ1n) is 22.6. The van der Waals surface area contributed by atoms with Gasteiger partial charge in [0.15, 0.2) is 0 Å². The van der Waals surface area contributed by atoms with E-state index in [4.69, 9.17) is 0 Å². The molecule has 1 aliphatic rings. The smallest absolute Gasteiger partial charge is 0.0720 e. The number of benzene rings is 11. The topological polar surface area (TPSA) is 6.48 Å². The van der Waals surface area contributed by atoms with Crippen molar-refractivity contribution in [1.82, 2.24) is 0 Å². The Labute approximate surface area is 380 Å². The molecule has 0 radical (unpaired) electrons. The maximum atomic E-state index is 2.51. The lowest BCUT2D eigenvalue weighted by atomic mass is 9.66. The highest BCUT2D eigenvalue weighted by Gasteiger charge is 2.48. The summed E-state index contributed by atoms with van der Waals surface area (Å²) >= 11 is 0. The van der Waals surface area contributed by atoms with Gasteiger partial charge >= 0.3 is 0 Å². The Kier molecular flexibility index (Phi) is 9.21. The van der Waals surface area contributed by atoms with Crippen molar-refractivity contribution in [3.8, 4) is 11.1 Å². The van der Waals surface area contributed by atoms with E-state index >= 15 is 0 Å². The monoisotopic (exact) mass is 830 g/mol. The summed E-state index contributed by atoms with van der Waals surface area (Å²) in [6.07, 6.45) is 0. The Bertz CT molecular complexity index is 3520. The fraction of sp³-hybridized carbons (Fsp3) is 0.0476. The fourth-order valence-electron chi connectivity index (χ4n) is 10.8. The van der Waals surface area contributed by atoms with Gasteiger partial charge in [0.2, 0.25) is 0 Å². The quantitative estimate of drug-likeness (QED) is 0.141. The van der Waals surface area contributed by atoms with Crippen LogP contribution in [0.3, 0.4) is 0 Å². The molecule has 0 aromatic heterocycles. The molecule has 0 heterocycles. The van der Waals surface area contributed by atoms with Gasteiger partial charge in [0.25, 0.3) is 0 Å². The molecular weight excluding hydrogens is 785 g/mol. The van der Waals surface area contributed by atoms with Crippen LogP contribution < -0.4 is 9.80 Å². The van der Waals surface area contributed by atoms with Gasteiger partial charge in [-0.2, -0.15) is 0 Å². The van der Waals surface area contributed by atoms with Crippen LogP contribution in [0.25, 0.3) is 43.4 Å². The first-order valence-corrected chi connectivity index (χ1v) is 22.6. The number of anilines is 6. The van der Waals surface area contributed by atoms with Crippen LogP contribution in [0.15, 0.2) is 243 Å². The predicted octanol–water partition coefficient (Wildman–Crippen LogP) is 17.1. The first-order chi connectivity index (χ1) is 32.1. The van der Waals surface area contributed by atoms with Crippen LogP contribution in [-0.2, 0) is 5.41 Å². The predicted molar refractivity (Wildman–Crippen MR) is 275 cm³/mol. The summed E-state index contributed by atoms with van der Waals surface area (Å²) in [5.74, 6) is 0. The molecule has 0 atom stereocenters. The molecule has 11 aromatic carbocycles. The van der Waals surface area contributed by atoms with E-state index in [0.29, 0.717) is 0 Å². The van der Waals surface area contributed by atoms with Crippen molar-refractivity contribution >= 4 is 66.4 Å². The van der Waals surface area contributed by atoms with Crippen LogP contribution >= 0.6 is 0 Å². The Balaban J connectivity index is 1.17. The minimum Gasteiger partial charge on any atom is -0.310 e. The van der Waals surface area contributed by atoms with Crippen LogP contribution in [-0.4, -0.2) is 0 Å². The van der Waals surface area contributed by atoms with Crippen LogP contribution in [0.5, 0.6) is 0 Å². The minimum atomic E-state index is -0.632. The third kappa shape index (κ3) is 6.25. The molecule has 65 heavy (non-hydrogen) atoms. The molecule has 0 spiro atoms. The lowest BCUT2D eigenvalue weighted by molar-refractivity contribution is 0.777. The van der Waals surface area contributed by atoms with Crippen molar-refractivity contribution in [3.05, 3.63) is 276 Å². The van der Waals surface area contributed by atoms with E-state index in [1.54, 1.807) is 0 Å². The van der Waals surface area contributed by atoms with E-state index < -0.39 is 5.41 Å². The van der Waals surface area contributed by atoms with Gasteiger partial charge in [-0.05, 0) is 176 Å². The van der Waals surface area contributed by atoms with Crippen LogP contribution in [0.1, 0.15) is 33.4 Å². The molecule has 1 aliphatic carbocycles. The number of rotatable bonds is 8. The zero-order valence-corrected chi connectivity index (χ0v) is 36.5. The Morgan fingerprint density at radius 3 is 1.35 bits per heavy atom. The average molecular weight is 831 g/mol. The molecule has 0 bridgehead atoms. The molecule has 2 nitrogen and oxygen atoms in total. The molecule has 308 valence electrons. The molecule has 11 aromatic rings. The molecule has 0 saturated carbocycles. The van der Waals surface area contributed by atoms with E-state index in [1.807, 2.05) is 0 Å². The highest BCUT2D eigenvalue weighted by molar-refractivity contribution is 6.20. The van der Waals surface area contributed by atoms with Gasteiger partial charge in [0.1, 0.15) is 0 Å². The molecule has 0 aliphatic heterocycles. The number of hydrogen-bond donors (Lipinski definition) is 0. The molecule has 0 amide bonds. The Morgan fingerprint density at radius 2 is 0.785 bits per heavy atom. The third-order valence-electron chi connectivity index (χ3n) is 13.5. The summed E-state index contributed by atoms with van der Waals surface area (Å²) in [5.41, 5.74) is 16.3. The average Bonchev–Trinajstić information content (AvgIpc) is 3.65. The second kappa shape index (κ2) is 15.6. The standard InChI is InChI=1S/C63H46N2/c1-43-19-17-29-51(37-43)64(49-25-11-5-12-26-49)53-34-33-45-40-59-60(41-46(45)39-53)63(47-21-7-3-8-22-47,48-23-9-4-10-24-48)62-57-36-35-54(42-58(57)55-31-15-16-32-56(55)61(59)62)65(50-27-13-6-14-28-50)52-30-18-20-44(2)38-52/h3-42H,1-2H3. The second-order valence-electron chi connectivity index (χ2n) is 17.5. The molecule has 0 fully saturated rings. The summed E-state index contributed by atoms with van der Waals surface area (Å²) in [7, 11) is 0. The Hall–Kier alpha value is -8.20. The van der Waals surface area contributed by atoms with Gasteiger partial charge in [-0.15, -0.1) is 0 Å². The van der Waals surface area contributed by atoms with E-state index in [9.17, 15) is 0 Å². The SMILES string of the molecule is Cc1cccc(N(c2ccccc2)c2ccc3cc4c(cc3c2)C(c2ccccc2)(c2ccccc2)c2c-4c3ccccc3c3cc(N(c4ccccc4)c4cccc(C)c4)ccc23)c1. The van der Waals surface area contributed by atoms with Crippen molar-refractivity contribution in [3.63, 3.8) is 0 Å². The zero-order chi connectivity index (χ0) is 43.5. The summed E-state index contributed by atoms with van der Waals surface area (Å²) in [6, 6.07) is 89.8. The Morgan fingerprint density at radius 1 is 0.308 bits per heavy atom. The van der Waals surface area contributed by atoms with E-state index in [-0.39, 0.29) is 0 Å². The highest BCUT2D eigenvalue weighted by Crippen LogP contribution is 2.61. The third-order valence-corrected chi connectivity index (χ3v) is 13.5. The van der Waals surface area contributed by atoms with Crippen LogP contribution in [0.4, 0.5) is 34.1 Å². The van der Waals surface area contributed by atoms with Crippen molar-refractivity contribution in [1.29, 1.82) is 0 Å². The lowest BCUT2D eigenvalue weighted by Crippen LogP contribution is -2.29. The maximum Gasteiger partial charge on any atom is 0.0720 e.